The molecule has 1 saturated carbocycles. The lowest BCUT2D eigenvalue weighted by molar-refractivity contribution is 0.0848. The number of nitrogens with zero attached hydrogens (tertiary/aromatic N) is 1. The maximum absolute atomic E-state index is 10.6. The van der Waals surface area contributed by atoms with Gasteiger partial charge in [0.15, 0.2) is 0 Å². The normalized spacial score (nSPS) is 16.7. The lowest BCUT2D eigenvalue weighted by atomic mass is 9.82. The highest BCUT2D eigenvalue weighted by Gasteiger charge is 2.22. The molecule has 2 aromatic carbocycles. The van der Waals surface area contributed by atoms with Crippen LogP contribution in [0.4, 0.5) is 0 Å². The van der Waals surface area contributed by atoms with Crippen LogP contribution in [0.25, 0.3) is 10.9 Å². The first-order valence-electron chi connectivity index (χ1n) is 9.91. The van der Waals surface area contributed by atoms with Crippen LogP contribution >= 0.6 is 0 Å². The van der Waals surface area contributed by atoms with E-state index in [1.54, 1.807) is 0 Å². The van der Waals surface area contributed by atoms with Crippen molar-refractivity contribution in [3.63, 3.8) is 0 Å². The minimum Gasteiger partial charge on any atom is -0.388 e. The fraction of sp³-hybridized carbons (Fsp3) is 0.375. The van der Waals surface area contributed by atoms with Crippen LogP contribution in [0, 0.1) is 5.92 Å². The Morgan fingerprint density at radius 1 is 0.846 bits per heavy atom. The Kier molecular flexibility index (Phi) is 5.31. The third kappa shape index (κ3) is 3.96. The van der Waals surface area contributed by atoms with Crippen molar-refractivity contribution in [3.05, 3.63) is 77.5 Å². The molecule has 0 aliphatic heterocycles. The molecule has 1 heterocycles. The van der Waals surface area contributed by atoms with Crippen molar-refractivity contribution in [2.75, 3.05) is 0 Å². The van der Waals surface area contributed by atoms with E-state index in [1.165, 1.54) is 30.2 Å². The molecule has 1 fully saturated rings. The number of benzene rings is 2. The van der Waals surface area contributed by atoms with E-state index in [0.717, 1.165) is 42.5 Å². The Labute approximate surface area is 155 Å². The van der Waals surface area contributed by atoms with Crippen LogP contribution in [0.1, 0.15) is 55.0 Å². The molecule has 2 heteroatoms. The highest BCUT2D eigenvalue weighted by atomic mass is 16.3. The van der Waals surface area contributed by atoms with Gasteiger partial charge in [-0.2, -0.15) is 0 Å². The lowest BCUT2D eigenvalue weighted by Gasteiger charge is -2.26. The van der Waals surface area contributed by atoms with Crippen LogP contribution in [-0.4, -0.2) is 10.1 Å². The number of para-hydroxylation sites is 1. The Hall–Kier alpha value is -2.19. The van der Waals surface area contributed by atoms with Gasteiger partial charge < -0.3 is 5.11 Å². The predicted molar refractivity (Wildman–Crippen MR) is 107 cm³/mol. The third-order valence-electron chi connectivity index (χ3n) is 5.74. The average molecular weight is 345 g/mol. The number of pyridine rings is 1. The molecule has 0 bridgehead atoms. The molecule has 134 valence electrons. The van der Waals surface area contributed by atoms with Crippen LogP contribution < -0.4 is 0 Å². The van der Waals surface area contributed by atoms with E-state index in [0.29, 0.717) is 5.92 Å². The number of aliphatic hydroxyl groups excluding tert-OH is 1. The number of aliphatic hydroxyl groups is 1. The van der Waals surface area contributed by atoms with E-state index in [4.69, 9.17) is 4.98 Å². The Morgan fingerprint density at radius 3 is 2.42 bits per heavy atom. The fourth-order valence-electron chi connectivity index (χ4n) is 4.12. The maximum Gasteiger partial charge on any atom is 0.0818 e. The molecule has 1 unspecified atom stereocenters. The number of aryl methyl sites for hydroxylation is 2. The summed E-state index contributed by atoms with van der Waals surface area (Å²) >= 11 is 0. The molecular weight excluding hydrogens is 318 g/mol. The molecule has 0 amide bonds. The van der Waals surface area contributed by atoms with Gasteiger partial charge in [0, 0.05) is 11.1 Å². The summed E-state index contributed by atoms with van der Waals surface area (Å²) in [5.41, 5.74) is 4.58. The average Bonchev–Trinajstić information content (AvgIpc) is 2.72. The first kappa shape index (κ1) is 17.2. The van der Waals surface area contributed by atoms with E-state index >= 15 is 0 Å². The molecule has 2 nitrogen and oxygen atoms in total. The summed E-state index contributed by atoms with van der Waals surface area (Å²) in [7, 11) is 0. The van der Waals surface area contributed by atoms with Gasteiger partial charge in [0.2, 0.25) is 0 Å². The predicted octanol–water partition coefficient (Wildman–Crippen LogP) is 5.63. The van der Waals surface area contributed by atoms with Crippen LogP contribution in [0.3, 0.4) is 0 Å². The Bertz CT molecular complexity index is 849. The molecule has 26 heavy (non-hydrogen) atoms. The third-order valence-corrected chi connectivity index (χ3v) is 5.74. The summed E-state index contributed by atoms with van der Waals surface area (Å²) in [5, 5.41) is 11.8. The molecule has 0 spiro atoms. The lowest BCUT2D eigenvalue weighted by Crippen LogP contribution is -2.15. The monoisotopic (exact) mass is 345 g/mol. The van der Waals surface area contributed by atoms with E-state index in [9.17, 15) is 5.11 Å². The van der Waals surface area contributed by atoms with E-state index in [2.05, 4.69) is 48.5 Å². The second-order valence-electron chi connectivity index (χ2n) is 7.58. The first-order chi connectivity index (χ1) is 12.8. The summed E-state index contributed by atoms with van der Waals surface area (Å²) in [4.78, 5) is 4.76. The summed E-state index contributed by atoms with van der Waals surface area (Å²) < 4.78 is 0. The molecule has 1 aliphatic carbocycles. The summed E-state index contributed by atoms with van der Waals surface area (Å²) in [5.74, 6) is 0.441. The summed E-state index contributed by atoms with van der Waals surface area (Å²) in [6, 6.07) is 21.1. The molecule has 1 atom stereocenters. The number of hydrogen-bond donors (Lipinski definition) is 1. The van der Waals surface area contributed by atoms with Gasteiger partial charge in [0.1, 0.15) is 0 Å². The Balaban J connectivity index is 1.38. The van der Waals surface area contributed by atoms with Gasteiger partial charge in [-0.25, -0.2) is 0 Å². The zero-order valence-electron chi connectivity index (χ0n) is 15.3. The van der Waals surface area contributed by atoms with Crippen molar-refractivity contribution in [2.24, 2.45) is 5.92 Å². The molecule has 4 rings (SSSR count). The second kappa shape index (κ2) is 8.01. The molecule has 1 aliphatic rings. The number of aromatic nitrogens is 1. The van der Waals surface area contributed by atoms with Crippen molar-refractivity contribution < 1.29 is 5.11 Å². The van der Waals surface area contributed by atoms with Gasteiger partial charge in [0.25, 0.3) is 0 Å². The van der Waals surface area contributed by atoms with Crippen molar-refractivity contribution in [2.45, 2.75) is 51.0 Å². The summed E-state index contributed by atoms with van der Waals surface area (Å²) in [6.07, 6.45) is 7.79. The van der Waals surface area contributed by atoms with E-state index in [1.807, 2.05) is 12.1 Å². The van der Waals surface area contributed by atoms with Gasteiger partial charge in [-0.3, -0.25) is 4.98 Å². The largest absolute Gasteiger partial charge is 0.388 e. The van der Waals surface area contributed by atoms with Crippen LogP contribution in [0.5, 0.6) is 0 Å². The highest BCUT2D eigenvalue weighted by molar-refractivity contribution is 5.78. The molecule has 1 aromatic heterocycles. The van der Waals surface area contributed by atoms with Gasteiger partial charge in [-0.05, 0) is 54.9 Å². The minimum atomic E-state index is -0.300. The first-order valence-corrected chi connectivity index (χ1v) is 9.91. The van der Waals surface area contributed by atoms with Crippen LogP contribution in [0.15, 0.2) is 60.7 Å². The number of hydrogen-bond acceptors (Lipinski definition) is 2. The number of fused-ring (bicyclic) bond motifs is 1. The zero-order valence-corrected chi connectivity index (χ0v) is 15.3. The molecule has 1 N–H and O–H groups in total. The van der Waals surface area contributed by atoms with Crippen LogP contribution in [0.2, 0.25) is 0 Å². The smallest absolute Gasteiger partial charge is 0.0818 e. The SMILES string of the molecule is OC(c1ccc(CCc2ccc3ccccc3n2)cc1)C1CCCCC1. The molecule has 3 aromatic rings. The van der Waals surface area contributed by atoms with E-state index < -0.39 is 0 Å². The Morgan fingerprint density at radius 2 is 1.62 bits per heavy atom. The van der Waals surface area contributed by atoms with Gasteiger partial charge in [-0.15, -0.1) is 0 Å². The zero-order chi connectivity index (χ0) is 17.8. The minimum absolute atomic E-state index is 0.300. The van der Waals surface area contributed by atoms with Gasteiger partial charge in [0.05, 0.1) is 11.6 Å². The highest BCUT2D eigenvalue weighted by Crippen LogP contribution is 2.34. The van der Waals surface area contributed by atoms with Gasteiger partial charge in [-0.1, -0.05) is 67.8 Å². The number of rotatable bonds is 5. The van der Waals surface area contributed by atoms with Crippen molar-refractivity contribution >= 4 is 10.9 Å². The van der Waals surface area contributed by atoms with Crippen molar-refractivity contribution in [1.29, 1.82) is 0 Å². The maximum atomic E-state index is 10.6. The standard InChI is InChI=1S/C24H27NO/c26-24(20-7-2-1-3-8-20)21-13-10-18(11-14-21)12-16-22-17-15-19-6-4-5-9-23(19)25-22/h4-6,9-11,13-15,17,20,24,26H,1-3,7-8,12,16H2. The molecule has 0 radical (unpaired) electrons. The fourth-order valence-corrected chi connectivity index (χ4v) is 4.12. The molecule has 0 saturated heterocycles. The summed E-state index contributed by atoms with van der Waals surface area (Å²) in [6.45, 7) is 0. The van der Waals surface area contributed by atoms with Crippen LogP contribution in [-0.2, 0) is 12.8 Å². The topological polar surface area (TPSA) is 33.1 Å². The van der Waals surface area contributed by atoms with E-state index in [-0.39, 0.29) is 6.10 Å². The quantitative estimate of drug-likeness (QED) is 0.650. The van der Waals surface area contributed by atoms with Gasteiger partial charge >= 0.3 is 0 Å². The second-order valence-corrected chi connectivity index (χ2v) is 7.58. The molecular formula is C24H27NO. The van der Waals surface area contributed by atoms with Crippen molar-refractivity contribution in [1.82, 2.24) is 4.98 Å². The van der Waals surface area contributed by atoms with Crippen molar-refractivity contribution in [3.8, 4) is 0 Å².